The van der Waals surface area contributed by atoms with Crippen molar-refractivity contribution in [2.45, 2.75) is 13.0 Å². The van der Waals surface area contributed by atoms with E-state index in [0.29, 0.717) is 19.0 Å². The van der Waals surface area contributed by atoms with Gasteiger partial charge in [-0.05, 0) is 17.7 Å². The standard InChI is InChI=1S/C18H23N5O.HI/c1-19-18(21-12-10-16-9-5-6-11-20-16)23-14-17(24)22-13-15-7-3-2-4-8-15;/h2-9,11H,10,12-14H2,1H3,(H,22,24)(H2,19,21,23);1H. The van der Waals surface area contributed by atoms with E-state index in [9.17, 15) is 4.79 Å². The highest BCUT2D eigenvalue weighted by atomic mass is 127. The molecule has 0 radical (unpaired) electrons. The number of aliphatic imine (C=N–C) groups is 1. The lowest BCUT2D eigenvalue weighted by atomic mass is 10.2. The number of carbonyl (C=O) groups excluding carboxylic acids is 1. The average molecular weight is 453 g/mol. The number of hydrogen-bond donors (Lipinski definition) is 3. The Bertz CT molecular complexity index is 649. The Morgan fingerprint density at radius 2 is 1.80 bits per heavy atom. The molecule has 1 aromatic heterocycles. The van der Waals surface area contributed by atoms with Crippen molar-refractivity contribution in [1.82, 2.24) is 20.9 Å². The summed E-state index contributed by atoms with van der Waals surface area (Å²) in [7, 11) is 1.68. The van der Waals surface area contributed by atoms with Crippen LogP contribution in [-0.4, -0.2) is 37.0 Å². The van der Waals surface area contributed by atoms with E-state index in [1.165, 1.54) is 0 Å². The molecule has 0 aliphatic rings. The van der Waals surface area contributed by atoms with Gasteiger partial charge in [0.15, 0.2) is 5.96 Å². The summed E-state index contributed by atoms with van der Waals surface area (Å²) < 4.78 is 0. The summed E-state index contributed by atoms with van der Waals surface area (Å²) in [4.78, 5) is 20.2. The van der Waals surface area contributed by atoms with E-state index in [1.54, 1.807) is 13.2 Å². The van der Waals surface area contributed by atoms with E-state index in [2.05, 4.69) is 25.9 Å². The van der Waals surface area contributed by atoms with Crippen LogP contribution in [0.1, 0.15) is 11.3 Å². The van der Waals surface area contributed by atoms with Crippen LogP contribution in [0.25, 0.3) is 0 Å². The van der Waals surface area contributed by atoms with Gasteiger partial charge in [0.2, 0.25) is 5.91 Å². The van der Waals surface area contributed by atoms with E-state index in [1.807, 2.05) is 48.5 Å². The number of aromatic nitrogens is 1. The van der Waals surface area contributed by atoms with E-state index in [4.69, 9.17) is 0 Å². The number of nitrogens with one attached hydrogen (secondary N) is 3. The molecule has 2 aromatic rings. The molecule has 0 aliphatic heterocycles. The minimum Gasteiger partial charge on any atom is -0.356 e. The molecule has 2 rings (SSSR count). The van der Waals surface area contributed by atoms with Gasteiger partial charge in [0.25, 0.3) is 0 Å². The van der Waals surface area contributed by atoms with Gasteiger partial charge in [0.1, 0.15) is 0 Å². The molecule has 0 saturated carbocycles. The van der Waals surface area contributed by atoms with Gasteiger partial charge in [0.05, 0.1) is 6.54 Å². The zero-order chi connectivity index (χ0) is 17.0. The predicted octanol–water partition coefficient (Wildman–Crippen LogP) is 1.72. The third-order valence-electron chi connectivity index (χ3n) is 3.37. The maximum absolute atomic E-state index is 11.9. The fraction of sp³-hybridized carbons (Fsp3) is 0.278. The smallest absolute Gasteiger partial charge is 0.239 e. The van der Waals surface area contributed by atoms with Gasteiger partial charge in [-0.3, -0.25) is 14.8 Å². The van der Waals surface area contributed by atoms with Gasteiger partial charge in [-0.25, -0.2) is 0 Å². The SMILES string of the molecule is CN=C(NCCc1ccccn1)NCC(=O)NCc1ccccc1.I. The van der Waals surface area contributed by atoms with Crippen LogP contribution in [-0.2, 0) is 17.8 Å². The molecule has 1 amide bonds. The Kier molecular flexibility index (Phi) is 10.2. The molecule has 0 atom stereocenters. The molecule has 0 bridgehead atoms. The number of benzene rings is 1. The van der Waals surface area contributed by atoms with Gasteiger partial charge in [-0.2, -0.15) is 0 Å². The van der Waals surface area contributed by atoms with E-state index >= 15 is 0 Å². The van der Waals surface area contributed by atoms with Gasteiger partial charge in [0, 0.05) is 38.4 Å². The topological polar surface area (TPSA) is 78.4 Å². The highest BCUT2D eigenvalue weighted by molar-refractivity contribution is 14.0. The second-order valence-corrected chi connectivity index (χ2v) is 5.19. The highest BCUT2D eigenvalue weighted by Gasteiger charge is 2.03. The van der Waals surface area contributed by atoms with Crippen molar-refractivity contribution >= 4 is 35.8 Å². The predicted molar refractivity (Wildman–Crippen MR) is 111 cm³/mol. The fourth-order valence-electron chi connectivity index (χ4n) is 2.10. The zero-order valence-electron chi connectivity index (χ0n) is 14.2. The summed E-state index contributed by atoms with van der Waals surface area (Å²) in [6, 6.07) is 15.7. The molecule has 134 valence electrons. The van der Waals surface area contributed by atoms with Gasteiger partial charge in [-0.1, -0.05) is 36.4 Å². The van der Waals surface area contributed by atoms with Crippen molar-refractivity contribution < 1.29 is 4.79 Å². The van der Waals surface area contributed by atoms with Crippen molar-refractivity contribution in [3.05, 3.63) is 66.0 Å². The lowest BCUT2D eigenvalue weighted by Gasteiger charge is -2.12. The van der Waals surface area contributed by atoms with Crippen molar-refractivity contribution in [3.8, 4) is 0 Å². The monoisotopic (exact) mass is 453 g/mol. The van der Waals surface area contributed by atoms with Crippen LogP contribution < -0.4 is 16.0 Å². The summed E-state index contributed by atoms with van der Waals surface area (Å²) >= 11 is 0. The van der Waals surface area contributed by atoms with Crippen molar-refractivity contribution in [2.24, 2.45) is 4.99 Å². The first-order valence-electron chi connectivity index (χ1n) is 7.93. The van der Waals surface area contributed by atoms with Gasteiger partial charge in [-0.15, -0.1) is 24.0 Å². The number of amides is 1. The first-order valence-corrected chi connectivity index (χ1v) is 7.93. The summed E-state index contributed by atoms with van der Waals surface area (Å²) in [5.41, 5.74) is 2.09. The Balaban J connectivity index is 0.00000312. The number of rotatable bonds is 7. The van der Waals surface area contributed by atoms with Crippen LogP contribution in [0.3, 0.4) is 0 Å². The first kappa shape index (κ1) is 20.9. The molecule has 1 heterocycles. The van der Waals surface area contributed by atoms with Crippen molar-refractivity contribution in [2.75, 3.05) is 20.1 Å². The van der Waals surface area contributed by atoms with E-state index in [0.717, 1.165) is 17.7 Å². The van der Waals surface area contributed by atoms with Gasteiger partial charge >= 0.3 is 0 Å². The third kappa shape index (κ3) is 8.48. The van der Waals surface area contributed by atoms with Crippen molar-refractivity contribution in [1.29, 1.82) is 0 Å². The molecule has 6 nitrogen and oxygen atoms in total. The van der Waals surface area contributed by atoms with E-state index < -0.39 is 0 Å². The highest BCUT2D eigenvalue weighted by Crippen LogP contribution is 1.96. The van der Waals surface area contributed by atoms with Crippen LogP contribution >= 0.6 is 24.0 Å². The summed E-state index contributed by atoms with van der Waals surface area (Å²) in [5.74, 6) is 0.521. The number of halogens is 1. The van der Waals surface area contributed by atoms with E-state index in [-0.39, 0.29) is 36.4 Å². The lowest BCUT2D eigenvalue weighted by Crippen LogP contribution is -2.43. The fourth-order valence-corrected chi connectivity index (χ4v) is 2.10. The number of carbonyl (C=O) groups is 1. The summed E-state index contributed by atoms with van der Waals surface area (Å²) in [5, 5.41) is 9.03. The molecule has 0 unspecified atom stereocenters. The van der Waals surface area contributed by atoms with Crippen LogP contribution in [0, 0.1) is 0 Å². The molecule has 0 aliphatic carbocycles. The molecule has 7 heteroatoms. The quantitative estimate of drug-likeness (QED) is 0.339. The largest absolute Gasteiger partial charge is 0.356 e. The summed E-state index contributed by atoms with van der Waals surface area (Å²) in [6.45, 7) is 1.39. The minimum absolute atomic E-state index is 0. The molecular formula is C18H24IN5O. The van der Waals surface area contributed by atoms with Gasteiger partial charge < -0.3 is 16.0 Å². The molecule has 0 saturated heterocycles. The maximum Gasteiger partial charge on any atom is 0.239 e. The van der Waals surface area contributed by atoms with Crippen molar-refractivity contribution in [3.63, 3.8) is 0 Å². The average Bonchev–Trinajstić information content (AvgIpc) is 2.64. The molecule has 0 spiro atoms. The molecule has 25 heavy (non-hydrogen) atoms. The van der Waals surface area contributed by atoms with Crippen LogP contribution in [0.4, 0.5) is 0 Å². The molecule has 1 aromatic carbocycles. The lowest BCUT2D eigenvalue weighted by molar-refractivity contribution is -0.120. The normalized spacial score (nSPS) is 10.5. The summed E-state index contributed by atoms with van der Waals surface area (Å²) in [6.07, 6.45) is 2.57. The first-order chi connectivity index (χ1) is 11.8. The number of pyridine rings is 1. The Morgan fingerprint density at radius 3 is 2.48 bits per heavy atom. The van der Waals surface area contributed by atoms with Crippen LogP contribution in [0.5, 0.6) is 0 Å². The van der Waals surface area contributed by atoms with Crippen LogP contribution in [0.2, 0.25) is 0 Å². The third-order valence-corrected chi connectivity index (χ3v) is 3.37. The number of guanidine groups is 1. The second kappa shape index (κ2) is 12.2. The number of nitrogens with zero attached hydrogens (tertiary/aromatic N) is 2. The van der Waals surface area contributed by atoms with Crippen LogP contribution in [0.15, 0.2) is 59.7 Å². The Morgan fingerprint density at radius 1 is 1.04 bits per heavy atom. The minimum atomic E-state index is -0.0773. The second-order valence-electron chi connectivity index (χ2n) is 5.19. The Labute approximate surface area is 165 Å². The Hall–Kier alpha value is -2.16. The molecule has 3 N–H and O–H groups in total. The zero-order valence-corrected chi connectivity index (χ0v) is 16.6. The molecule has 0 fully saturated rings. The number of hydrogen-bond acceptors (Lipinski definition) is 3. The molecular weight excluding hydrogens is 429 g/mol. The maximum atomic E-state index is 11.9.